The second-order valence-corrected chi connectivity index (χ2v) is 5.77. The second kappa shape index (κ2) is 7.10. The minimum Gasteiger partial charge on any atom is -0.332 e. The Bertz CT molecular complexity index is 332. The van der Waals surface area contributed by atoms with Crippen molar-refractivity contribution in [2.45, 2.75) is 45.7 Å². The Hall–Kier alpha value is -0.810. The van der Waals surface area contributed by atoms with Crippen LogP contribution in [0.1, 0.15) is 34.1 Å². The molecule has 0 aromatic heterocycles. The van der Waals surface area contributed by atoms with E-state index < -0.39 is 0 Å². The molecule has 0 atom stereocenters. The van der Waals surface area contributed by atoms with Crippen LogP contribution in [0.3, 0.4) is 0 Å². The van der Waals surface area contributed by atoms with E-state index in [9.17, 15) is 9.59 Å². The molecule has 1 fully saturated rings. The van der Waals surface area contributed by atoms with Gasteiger partial charge in [-0.2, -0.15) is 0 Å². The van der Waals surface area contributed by atoms with Crippen LogP contribution in [-0.4, -0.2) is 59.9 Å². The van der Waals surface area contributed by atoms with Crippen LogP contribution in [0.2, 0.25) is 0 Å². The van der Waals surface area contributed by atoms with E-state index in [2.05, 4.69) is 5.32 Å². The highest BCUT2D eigenvalue weighted by atomic mass is 35.5. The molecule has 0 aromatic rings. The molecule has 6 heteroatoms. The maximum atomic E-state index is 12.2. The summed E-state index contributed by atoms with van der Waals surface area (Å²) >= 11 is 0. The van der Waals surface area contributed by atoms with Crippen LogP contribution in [-0.2, 0) is 9.59 Å². The Morgan fingerprint density at radius 3 is 2.42 bits per heavy atom. The summed E-state index contributed by atoms with van der Waals surface area (Å²) in [5.74, 6) is 0.0910. The molecule has 1 aliphatic rings. The summed E-state index contributed by atoms with van der Waals surface area (Å²) < 4.78 is 0. The lowest BCUT2D eigenvalue weighted by atomic mass is 9.96. The largest absolute Gasteiger partial charge is 0.332 e. The molecule has 1 aliphatic heterocycles. The molecule has 19 heavy (non-hydrogen) atoms. The first kappa shape index (κ1) is 18.2. The Labute approximate surface area is 122 Å². The molecule has 2 amide bonds. The summed E-state index contributed by atoms with van der Waals surface area (Å²) in [6.45, 7) is 9.53. The van der Waals surface area contributed by atoms with E-state index in [1.165, 1.54) is 0 Å². The zero-order valence-corrected chi connectivity index (χ0v) is 13.3. The number of hydrogen-bond acceptors (Lipinski definition) is 3. The number of piperazine rings is 1. The number of carbonyl (C=O) groups excluding carboxylic acids is 2. The molecule has 112 valence electrons. The van der Waals surface area contributed by atoms with E-state index in [0.717, 1.165) is 0 Å². The van der Waals surface area contributed by atoms with Crippen LogP contribution in [0.4, 0.5) is 0 Å². The zero-order valence-electron chi connectivity index (χ0n) is 12.5. The number of hydrogen-bond donors (Lipinski definition) is 1. The minimum atomic E-state index is -0.293. The molecule has 5 nitrogen and oxygen atoms in total. The third-order valence-corrected chi connectivity index (χ3v) is 3.28. The Kier molecular flexibility index (Phi) is 6.80. The van der Waals surface area contributed by atoms with E-state index in [4.69, 9.17) is 0 Å². The van der Waals surface area contributed by atoms with Gasteiger partial charge in [-0.15, -0.1) is 12.4 Å². The monoisotopic (exact) mass is 291 g/mol. The maximum absolute atomic E-state index is 12.2. The van der Waals surface area contributed by atoms with Crippen molar-refractivity contribution in [2.75, 3.05) is 26.7 Å². The topological polar surface area (TPSA) is 52.7 Å². The molecular formula is C13H26ClN3O2. The minimum absolute atomic E-state index is 0. The molecule has 0 unspecified atom stereocenters. The normalized spacial score (nSPS) is 18.5. The van der Waals surface area contributed by atoms with Gasteiger partial charge in [0.1, 0.15) is 0 Å². The fourth-order valence-corrected chi connectivity index (χ4v) is 2.73. The molecule has 1 heterocycles. The number of rotatable bonds is 4. The van der Waals surface area contributed by atoms with Gasteiger partial charge in [0, 0.05) is 25.6 Å². The van der Waals surface area contributed by atoms with Crippen molar-refractivity contribution in [1.82, 2.24) is 15.1 Å². The molecule has 1 rings (SSSR count). The van der Waals surface area contributed by atoms with Crippen molar-refractivity contribution < 1.29 is 9.59 Å². The van der Waals surface area contributed by atoms with Crippen LogP contribution < -0.4 is 5.32 Å². The summed E-state index contributed by atoms with van der Waals surface area (Å²) in [5.41, 5.74) is -0.293. The van der Waals surface area contributed by atoms with Crippen molar-refractivity contribution in [3.05, 3.63) is 0 Å². The van der Waals surface area contributed by atoms with Gasteiger partial charge in [0.15, 0.2) is 0 Å². The van der Waals surface area contributed by atoms with E-state index in [1.807, 2.05) is 39.6 Å². The zero-order chi connectivity index (χ0) is 13.9. The average molecular weight is 292 g/mol. The summed E-state index contributed by atoms with van der Waals surface area (Å²) in [7, 11) is 1.82. The molecule has 0 saturated carbocycles. The number of carbonyl (C=O) groups is 2. The van der Waals surface area contributed by atoms with Crippen LogP contribution in [0, 0.1) is 0 Å². The Morgan fingerprint density at radius 2 is 2.00 bits per heavy atom. The Morgan fingerprint density at radius 1 is 1.42 bits per heavy atom. The number of nitrogens with one attached hydrogen (secondary N) is 1. The lowest BCUT2D eigenvalue weighted by Crippen LogP contribution is -2.65. The molecular weight excluding hydrogens is 266 g/mol. The Balaban J connectivity index is 0.00000324. The molecule has 1 N–H and O–H groups in total. The predicted molar refractivity (Wildman–Crippen MR) is 78.4 cm³/mol. The van der Waals surface area contributed by atoms with Gasteiger partial charge in [-0.25, -0.2) is 0 Å². The lowest BCUT2D eigenvalue weighted by molar-refractivity contribution is -0.155. The molecule has 1 saturated heterocycles. The van der Waals surface area contributed by atoms with Crippen LogP contribution in [0.25, 0.3) is 0 Å². The first-order valence-electron chi connectivity index (χ1n) is 6.54. The highest BCUT2D eigenvalue weighted by Gasteiger charge is 2.40. The summed E-state index contributed by atoms with van der Waals surface area (Å²) in [5, 5.41) is 2.95. The van der Waals surface area contributed by atoms with E-state index in [-0.39, 0.29) is 42.3 Å². The molecule has 0 aromatic carbocycles. The van der Waals surface area contributed by atoms with Crippen molar-refractivity contribution in [3.63, 3.8) is 0 Å². The molecule has 0 radical (unpaired) electrons. The van der Waals surface area contributed by atoms with E-state index in [0.29, 0.717) is 19.5 Å². The average Bonchev–Trinajstić information content (AvgIpc) is 2.22. The van der Waals surface area contributed by atoms with Crippen LogP contribution in [0.15, 0.2) is 0 Å². The maximum Gasteiger partial charge on any atom is 0.242 e. The van der Waals surface area contributed by atoms with Crippen LogP contribution in [0.5, 0.6) is 0 Å². The van der Waals surface area contributed by atoms with Gasteiger partial charge in [0.25, 0.3) is 0 Å². The van der Waals surface area contributed by atoms with Gasteiger partial charge in [-0.3, -0.25) is 9.59 Å². The summed E-state index contributed by atoms with van der Waals surface area (Å²) in [6, 6.07) is 0.169. The number of amides is 2. The van der Waals surface area contributed by atoms with Crippen molar-refractivity contribution in [3.8, 4) is 0 Å². The fourth-order valence-electron chi connectivity index (χ4n) is 2.73. The standard InChI is InChI=1S/C13H25N3O2.ClH/c1-10(2)16-12(18)8-15(9-13(16,3)4)11(17)6-7-14-5;/h10,14H,6-9H2,1-5H3;1H. The molecule has 0 spiro atoms. The number of halogens is 1. The van der Waals surface area contributed by atoms with Crippen molar-refractivity contribution in [2.24, 2.45) is 0 Å². The first-order chi connectivity index (χ1) is 8.29. The third-order valence-electron chi connectivity index (χ3n) is 3.28. The summed E-state index contributed by atoms with van der Waals surface area (Å²) in [4.78, 5) is 27.7. The van der Waals surface area contributed by atoms with E-state index in [1.54, 1.807) is 4.90 Å². The highest BCUT2D eigenvalue weighted by Crippen LogP contribution is 2.24. The summed E-state index contributed by atoms with van der Waals surface area (Å²) in [6.07, 6.45) is 0.446. The van der Waals surface area contributed by atoms with E-state index >= 15 is 0 Å². The number of nitrogens with zero attached hydrogens (tertiary/aromatic N) is 2. The quantitative estimate of drug-likeness (QED) is 0.836. The van der Waals surface area contributed by atoms with Crippen LogP contribution >= 0.6 is 12.4 Å². The lowest BCUT2D eigenvalue weighted by Gasteiger charge is -2.48. The van der Waals surface area contributed by atoms with Gasteiger partial charge < -0.3 is 15.1 Å². The highest BCUT2D eigenvalue weighted by molar-refractivity contribution is 5.87. The fraction of sp³-hybridized carbons (Fsp3) is 0.846. The smallest absolute Gasteiger partial charge is 0.242 e. The SMILES string of the molecule is CNCCC(=O)N1CC(=O)N(C(C)C)C(C)(C)C1.Cl. The van der Waals surface area contributed by atoms with Gasteiger partial charge >= 0.3 is 0 Å². The van der Waals surface area contributed by atoms with Crippen molar-refractivity contribution >= 4 is 24.2 Å². The van der Waals surface area contributed by atoms with Gasteiger partial charge in [0.2, 0.25) is 11.8 Å². The molecule has 0 aliphatic carbocycles. The molecule has 0 bridgehead atoms. The van der Waals surface area contributed by atoms with Crippen molar-refractivity contribution in [1.29, 1.82) is 0 Å². The predicted octanol–water partition coefficient (Wildman–Crippen LogP) is 0.875. The van der Waals surface area contributed by atoms with Gasteiger partial charge in [-0.05, 0) is 34.7 Å². The second-order valence-electron chi connectivity index (χ2n) is 5.77. The first-order valence-corrected chi connectivity index (χ1v) is 6.54. The third kappa shape index (κ3) is 4.35. The van der Waals surface area contributed by atoms with Gasteiger partial charge in [0.05, 0.1) is 12.1 Å². The van der Waals surface area contributed by atoms with Gasteiger partial charge in [-0.1, -0.05) is 0 Å².